The number of fused-ring (bicyclic) bond motifs is 2. The van der Waals surface area contributed by atoms with Gasteiger partial charge in [0.05, 0.1) is 16.4 Å². The fraction of sp³-hybridized carbons (Fsp3) is 0.286. The minimum absolute atomic E-state index is 0.0800. The van der Waals surface area contributed by atoms with Crippen LogP contribution in [0.2, 0.25) is 0 Å². The van der Waals surface area contributed by atoms with Crippen LogP contribution in [-0.4, -0.2) is 29.7 Å². The van der Waals surface area contributed by atoms with E-state index in [0.717, 1.165) is 47.5 Å². The summed E-state index contributed by atoms with van der Waals surface area (Å²) < 4.78 is 11.7. The van der Waals surface area contributed by atoms with Crippen LogP contribution in [0.3, 0.4) is 0 Å². The van der Waals surface area contributed by atoms with Crippen LogP contribution in [-0.2, 0) is 0 Å². The van der Waals surface area contributed by atoms with Crippen LogP contribution >= 0.6 is 0 Å². The van der Waals surface area contributed by atoms with Gasteiger partial charge in [0, 0.05) is 41.6 Å². The Morgan fingerprint density at radius 3 is 2.89 bits per heavy atom. The van der Waals surface area contributed by atoms with E-state index in [9.17, 15) is 10.1 Å². The molecule has 1 saturated heterocycles. The average molecular weight is 377 g/mol. The lowest BCUT2D eigenvalue weighted by Gasteiger charge is -2.31. The number of nitrogens with zero attached hydrogens (tertiary/aromatic N) is 3. The fourth-order valence-corrected chi connectivity index (χ4v) is 4.31. The molecule has 7 nitrogen and oxygen atoms in total. The summed E-state index contributed by atoms with van der Waals surface area (Å²) >= 11 is 0. The monoisotopic (exact) mass is 377 g/mol. The molecule has 0 N–H and O–H groups in total. The molecule has 3 aromatic rings. The van der Waals surface area contributed by atoms with Gasteiger partial charge in [-0.1, -0.05) is 12.1 Å². The van der Waals surface area contributed by atoms with Gasteiger partial charge in [0.15, 0.2) is 11.5 Å². The lowest BCUT2D eigenvalue weighted by Crippen LogP contribution is -2.25. The van der Waals surface area contributed by atoms with Crippen molar-refractivity contribution in [2.75, 3.05) is 24.7 Å². The van der Waals surface area contributed by atoms with E-state index in [1.807, 2.05) is 24.3 Å². The second-order valence-electron chi connectivity index (χ2n) is 7.01. The predicted molar refractivity (Wildman–Crippen MR) is 105 cm³/mol. The topological polar surface area (TPSA) is 77.7 Å². The molecule has 28 heavy (non-hydrogen) atoms. The van der Waals surface area contributed by atoms with Gasteiger partial charge in [-0.3, -0.25) is 15.1 Å². The molecule has 0 spiro atoms. The molecule has 1 atom stereocenters. The lowest BCUT2D eigenvalue weighted by atomic mass is 10.0. The zero-order valence-electron chi connectivity index (χ0n) is 15.2. The lowest BCUT2D eigenvalue weighted by molar-refractivity contribution is -0.383. The van der Waals surface area contributed by atoms with Gasteiger partial charge in [-0.05, 0) is 31.0 Å². The smallest absolute Gasteiger partial charge is 0.278 e. The van der Waals surface area contributed by atoms with Crippen molar-refractivity contribution in [3.63, 3.8) is 0 Å². The minimum atomic E-state index is -0.353. The van der Waals surface area contributed by atoms with E-state index in [4.69, 9.17) is 9.47 Å². The highest BCUT2D eigenvalue weighted by Gasteiger charge is 2.32. The molecule has 0 bridgehead atoms. The van der Waals surface area contributed by atoms with Gasteiger partial charge in [-0.2, -0.15) is 0 Å². The first-order chi connectivity index (χ1) is 13.7. The average Bonchev–Trinajstić information content (AvgIpc) is 3.21. The molecule has 1 fully saturated rings. The quantitative estimate of drug-likeness (QED) is 0.501. The maximum absolute atomic E-state index is 11.4. The first kappa shape index (κ1) is 16.8. The summed E-state index contributed by atoms with van der Waals surface area (Å²) in [5.41, 5.74) is 2.17. The van der Waals surface area contributed by atoms with E-state index in [-0.39, 0.29) is 16.7 Å². The third-order valence-electron chi connectivity index (χ3n) is 5.49. The fourth-order valence-electron chi connectivity index (χ4n) is 4.31. The number of aromatic nitrogens is 1. The van der Waals surface area contributed by atoms with Gasteiger partial charge in [0.25, 0.3) is 5.69 Å². The van der Waals surface area contributed by atoms with Crippen molar-refractivity contribution in [3.8, 4) is 11.5 Å². The Morgan fingerprint density at radius 2 is 2.00 bits per heavy atom. The molecule has 3 heterocycles. The van der Waals surface area contributed by atoms with E-state index in [1.54, 1.807) is 18.5 Å². The molecular weight excluding hydrogens is 358 g/mol. The maximum Gasteiger partial charge on any atom is 0.278 e. The van der Waals surface area contributed by atoms with Gasteiger partial charge in [-0.15, -0.1) is 0 Å². The highest BCUT2D eigenvalue weighted by atomic mass is 16.6. The second-order valence-corrected chi connectivity index (χ2v) is 7.01. The molecule has 142 valence electrons. The first-order valence-electron chi connectivity index (χ1n) is 9.40. The normalized spacial score (nSPS) is 18.4. The van der Waals surface area contributed by atoms with Crippen LogP contribution in [0.15, 0.2) is 48.8 Å². The van der Waals surface area contributed by atoms with Crippen molar-refractivity contribution >= 4 is 22.1 Å². The van der Waals surface area contributed by atoms with Crippen LogP contribution in [0.4, 0.5) is 11.4 Å². The van der Waals surface area contributed by atoms with Crippen LogP contribution in [0, 0.1) is 10.1 Å². The number of benzene rings is 2. The number of non-ortho nitro benzene ring substituents is 1. The molecule has 7 heteroatoms. The second kappa shape index (κ2) is 6.67. The highest BCUT2D eigenvalue weighted by Crippen LogP contribution is 2.46. The molecule has 1 aromatic heterocycles. The van der Waals surface area contributed by atoms with E-state index in [2.05, 4.69) is 16.0 Å². The molecule has 2 aromatic carbocycles. The van der Waals surface area contributed by atoms with Crippen molar-refractivity contribution in [1.82, 2.24) is 4.98 Å². The number of hydrogen-bond acceptors (Lipinski definition) is 6. The van der Waals surface area contributed by atoms with E-state index < -0.39 is 0 Å². The van der Waals surface area contributed by atoms with Gasteiger partial charge in [0.1, 0.15) is 13.2 Å². The molecule has 0 radical (unpaired) electrons. The predicted octanol–water partition coefficient (Wildman–Crippen LogP) is 4.26. The zero-order valence-corrected chi connectivity index (χ0v) is 15.2. The van der Waals surface area contributed by atoms with Crippen molar-refractivity contribution in [2.24, 2.45) is 0 Å². The number of hydrogen-bond donors (Lipinski definition) is 0. The number of rotatable bonds is 3. The van der Waals surface area contributed by atoms with Crippen LogP contribution < -0.4 is 14.4 Å². The molecule has 2 aliphatic heterocycles. The third-order valence-corrected chi connectivity index (χ3v) is 5.49. The minimum Gasteiger partial charge on any atom is -0.486 e. The van der Waals surface area contributed by atoms with Crippen molar-refractivity contribution in [3.05, 3.63) is 64.5 Å². The van der Waals surface area contributed by atoms with Crippen LogP contribution in [0.5, 0.6) is 11.5 Å². The Kier molecular flexibility index (Phi) is 4.00. The molecule has 1 unspecified atom stereocenters. The highest BCUT2D eigenvalue weighted by molar-refractivity contribution is 5.99. The van der Waals surface area contributed by atoms with Crippen LogP contribution in [0.1, 0.15) is 24.4 Å². The Labute approximate surface area is 161 Å². The third kappa shape index (κ3) is 2.62. The summed E-state index contributed by atoms with van der Waals surface area (Å²) in [7, 11) is 0. The molecule has 0 amide bonds. The summed E-state index contributed by atoms with van der Waals surface area (Å²) in [5.74, 6) is 1.60. The molecule has 0 aliphatic carbocycles. The summed E-state index contributed by atoms with van der Waals surface area (Å²) in [6, 6.07) is 11.4. The van der Waals surface area contributed by atoms with Crippen molar-refractivity contribution in [2.45, 2.75) is 18.9 Å². The Hall–Kier alpha value is -3.35. The number of pyridine rings is 1. The summed E-state index contributed by atoms with van der Waals surface area (Å²) in [4.78, 5) is 17.5. The summed E-state index contributed by atoms with van der Waals surface area (Å²) in [5, 5.41) is 12.8. The Morgan fingerprint density at radius 1 is 1.11 bits per heavy atom. The zero-order chi connectivity index (χ0) is 19.1. The largest absolute Gasteiger partial charge is 0.486 e. The van der Waals surface area contributed by atoms with Gasteiger partial charge in [-0.25, -0.2) is 0 Å². The number of ether oxygens (including phenoxy) is 2. The summed E-state index contributed by atoms with van der Waals surface area (Å²) in [6.45, 7) is 1.98. The van der Waals surface area contributed by atoms with E-state index >= 15 is 0 Å². The van der Waals surface area contributed by atoms with E-state index in [0.29, 0.717) is 18.6 Å². The van der Waals surface area contributed by atoms with Crippen LogP contribution in [0.25, 0.3) is 10.8 Å². The van der Waals surface area contributed by atoms with Crippen molar-refractivity contribution in [1.29, 1.82) is 0 Å². The number of para-hydroxylation sites is 1. The van der Waals surface area contributed by atoms with Gasteiger partial charge >= 0.3 is 0 Å². The first-order valence-corrected chi connectivity index (χ1v) is 9.40. The number of anilines is 1. The van der Waals surface area contributed by atoms with Gasteiger partial charge < -0.3 is 14.4 Å². The number of nitro groups is 1. The van der Waals surface area contributed by atoms with Crippen molar-refractivity contribution < 1.29 is 14.4 Å². The number of nitro benzene ring substituents is 1. The summed E-state index contributed by atoms with van der Waals surface area (Å²) in [6.07, 6.45) is 5.29. The van der Waals surface area contributed by atoms with E-state index in [1.165, 1.54) is 0 Å². The SMILES string of the molecule is O=[N+]([O-])c1ccc(N2CCCC2c2cccc3c2OCCO3)c2ccncc12. The Bertz CT molecular complexity index is 1070. The standard InChI is InChI=1S/C21H19N3O4/c25-24(26)19-7-6-18(14-8-9-22-13-16(14)19)23-10-2-4-17(23)15-3-1-5-20-21(15)28-12-11-27-20/h1,3,5-9,13,17H,2,4,10-12H2. The molecule has 5 rings (SSSR count). The molecule has 0 saturated carbocycles. The van der Waals surface area contributed by atoms with Gasteiger partial charge in [0.2, 0.25) is 0 Å². The molecule has 2 aliphatic rings. The molecular formula is C21H19N3O4. The maximum atomic E-state index is 11.4. The Balaban J connectivity index is 1.63.